The lowest BCUT2D eigenvalue weighted by Crippen LogP contribution is -2.42. The summed E-state index contributed by atoms with van der Waals surface area (Å²) in [5, 5.41) is 0. The molecule has 4 heteroatoms. The Labute approximate surface area is 92.1 Å². The van der Waals surface area contributed by atoms with Crippen LogP contribution in [0.4, 0.5) is 0 Å². The Bertz CT molecular complexity index is 217. The number of nitrogens with two attached hydrogens (primary N) is 1. The summed E-state index contributed by atoms with van der Waals surface area (Å²) >= 11 is 0. The largest absolute Gasteiger partial charge is 0.385 e. The summed E-state index contributed by atoms with van der Waals surface area (Å²) in [5.74, 6) is -0.0332. The molecule has 1 amide bonds. The van der Waals surface area contributed by atoms with E-state index in [1.54, 1.807) is 19.1 Å². The predicted molar refractivity (Wildman–Crippen MR) is 61.5 cm³/mol. The van der Waals surface area contributed by atoms with Gasteiger partial charge in [-0.05, 0) is 19.8 Å². The van der Waals surface area contributed by atoms with E-state index < -0.39 is 6.04 Å². The lowest BCUT2D eigenvalue weighted by Gasteiger charge is -2.21. The Morgan fingerprint density at radius 2 is 2.20 bits per heavy atom. The summed E-state index contributed by atoms with van der Waals surface area (Å²) in [4.78, 5) is 13.3. The third kappa shape index (κ3) is 6.25. The highest BCUT2D eigenvalue weighted by Crippen LogP contribution is 2.01. The minimum Gasteiger partial charge on any atom is -0.385 e. The van der Waals surface area contributed by atoms with E-state index in [4.69, 9.17) is 10.5 Å². The molecule has 0 aromatic carbocycles. The maximum Gasteiger partial charge on any atom is 0.239 e. The van der Waals surface area contributed by atoms with E-state index in [0.717, 1.165) is 12.0 Å². The van der Waals surface area contributed by atoms with Crippen LogP contribution >= 0.6 is 0 Å². The van der Waals surface area contributed by atoms with Crippen LogP contribution in [0.5, 0.6) is 0 Å². The minimum absolute atomic E-state index is 0.0332. The van der Waals surface area contributed by atoms with E-state index in [-0.39, 0.29) is 5.91 Å². The minimum atomic E-state index is -0.426. The van der Waals surface area contributed by atoms with Gasteiger partial charge in [0.1, 0.15) is 0 Å². The van der Waals surface area contributed by atoms with Gasteiger partial charge in [0.2, 0.25) is 5.91 Å². The number of carbonyl (C=O) groups excluding carboxylic acids is 1. The van der Waals surface area contributed by atoms with Gasteiger partial charge in [-0.1, -0.05) is 12.2 Å². The van der Waals surface area contributed by atoms with Crippen LogP contribution in [0.15, 0.2) is 12.2 Å². The molecule has 0 aromatic rings. The fraction of sp³-hybridized carbons (Fsp3) is 0.727. The summed E-state index contributed by atoms with van der Waals surface area (Å²) in [6.07, 6.45) is 1.47. The first-order valence-corrected chi connectivity index (χ1v) is 5.13. The van der Waals surface area contributed by atoms with Gasteiger partial charge in [-0.25, -0.2) is 0 Å². The molecule has 0 saturated carbocycles. The molecular formula is C11H22N2O2. The first kappa shape index (κ1) is 14.1. The molecule has 2 N–H and O–H groups in total. The number of nitrogens with zero attached hydrogens (tertiary/aromatic N) is 1. The molecule has 0 aliphatic carbocycles. The van der Waals surface area contributed by atoms with Crippen LogP contribution in [0.1, 0.15) is 19.8 Å². The highest BCUT2D eigenvalue weighted by atomic mass is 16.5. The monoisotopic (exact) mass is 214 g/mol. The van der Waals surface area contributed by atoms with E-state index in [9.17, 15) is 4.79 Å². The standard InChI is InChI=1S/C11H22N2O2/c1-9(2)8-13(3)11(14)10(12)6-5-7-15-4/h10H,1,5-8,12H2,2-4H3. The first-order valence-electron chi connectivity index (χ1n) is 5.13. The normalized spacial score (nSPS) is 12.3. The molecule has 0 rings (SSSR count). The molecule has 0 heterocycles. The molecule has 1 atom stereocenters. The lowest BCUT2D eigenvalue weighted by atomic mass is 10.1. The summed E-state index contributed by atoms with van der Waals surface area (Å²) in [6.45, 7) is 6.86. The molecule has 88 valence electrons. The average molecular weight is 214 g/mol. The predicted octanol–water partition coefficient (Wildman–Crippen LogP) is 0.775. The molecule has 0 fully saturated rings. The number of ether oxygens (including phenoxy) is 1. The third-order valence-electron chi connectivity index (χ3n) is 2.06. The van der Waals surface area contributed by atoms with Crippen molar-refractivity contribution in [1.82, 2.24) is 4.90 Å². The molecule has 0 aromatic heterocycles. The second-order valence-electron chi connectivity index (χ2n) is 3.89. The van der Waals surface area contributed by atoms with Crippen molar-refractivity contribution >= 4 is 5.91 Å². The fourth-order valence-electron chi connectivity index (χ4n) is 1.34. The van der Waals surface area contributed by atoms with Gasteiger partial charge in [-0.15, -0.1) is 0 Å². The van der Waals surface area contributed by atoms with Gasteiger partial charge in [0.15, 0.2) is 0 Å². The second-order valence-corrected chi connectivity index (χ2v) is 3.89. The highest BCUT2D eigenvalue weighted by Gasteiger charge is 2.17. The van der Waals surface area contributed by atoms with Gasteiger partial charge in [-0.3, -0.25) is 4.79 Å². The van der Waals surface area contributed by atoms with Crippen LogP contribution in [0, 0.1) is 0 Å². The Hall–Kier alpha value is -0.870. The van der Waals surface area contributed by atoms with Crippen molar-refractivity contribution in [3.63, 3.8) is 0 Å². The summed E-state index contributed by atoms with van der Waals surface area (Å²) in [6, 6.07) is -0.426. The first-order chi connectivity index (χ1) is 6.99. The van der Waals surface area contributed by atoms with Crippen molar-refractivity contribution in [2.45, 2.75) is 25.8 Å². The molecule has 0 aliphatic rings. The molecule has 15 heavy (non-hydrogen) atoms. The van der Waals surface area contributed by atoms with Gasteiger partial charge in [0.25, 0.3) is 0 Å². The van der Waals surface area contributed by atoms with E-state index in [1.807, 2.05) is 6.92 Å². The number of methoxy groups -OCH3 is 1. The van der Waals surface area contributed by atoms with E-state index in [2.05, 4.69) is 6.58 Å². The third-order valence-corrected chi connectivity index (χ3v) is 2.06. The molecule has 0 bridgehead atoms. The number of rotatable bonds is 7. The molecule has 0 spiro atoms. The fourth-order valence-corrected chi connectivity index (χ4v) is 1.34. The van der Waals surface area contributed by atoms with E-state index in [0.29, 0.717) is 19.6 Å². The Balaban J connectivity index is 3.90. The Morgan fingerprint density at radius 3 is 2.67 bits per heavy atom. The number of amides is 1. The summed E-state index contributed by atoms with van der Waals surface area (Å²) < 4.78 is 4.90. The lowest BCUT2D eigenvalue weighted by molar-refractivity contribution is -0.131. The zero-order valence-electron chi connectivity index (χ0n) is 9.95. The maximum atomic E-state index is 11.7. The average Bonchev–Trinajstić information content (AvgIpc) is 2.15. The van der Waals surface area contributed by atoms with Gasteiger partial charge < -0.3 is 15.4 Å². The molecular weight excluding hydrogens is 192 g/mol. The van der Waals surface area contributed by atoms with Crippen LogP contribution in [0.3, 0.4) is 0 Å². The smallest absolute Gasteiger partial charge is 0.239 e. The van der Waals surface area contributed by atoms with Crippen LogP contribution in [-0.2, 0) is 9.53 Å². The van der Waals surface area contributed by atoms with Crippen molar-refractivity contribution < 1.29 is 9.53 Å². The van der Waals surface area contributed by atoms with Crippen LogP contribution in [0.25, 0.3) is 0 Å². The van der Waals surface area contributed by atoms with Crippen molar-refractivity contribution in [2.75, 3.05) is 27.3 Å². The van der Waals surface area contributed by atoms with Crippen molar-refractivity contribution in [1.29, 1.82) is 0 Å². The summed E-state index contributed by atoms with van der Waals surface area (Å²) in [7, 11) is 3.38. The van der Waals surface area contributed by atoms with Crippen molar-refractivity contribution in [3.8, 4) is 0 Å². The number of likely N-dealkylation sites (N-methyl/N-ethyl adjacent to an activating group) is 1. The summed E-state index contributed by atoms with van der Waals surface area (Å²) in [5.41, 5.74) is 6.71. The SMILES string of the molecule is C=C(C)CN(C)C(=O)C(N)CCCOC. The highest BCUT2D eigenvalue weighted by molar-refractivity contribution is 5.81. The van der Waals surface area contributed by atoms with Gasteiger partial charge in [-0.2, -0.15) is 0 Å². The maximum absolute atomic E-state index is 11.7. The quantitative estimate of drug-likeness (QED) is 0.503. The van der Waals surface area contributed by atoms with Gasteiger partial charge in [0.05, 0.1) is 6.04 Å². The topological polar surface area (TPSA) is 55.6 Å². The number of hydrogen-bond donors (Lipinski definition) is 1. The molecule has 0 radical (unpaired) electrons. The van der Waals surface area contributed by atoms with Crippen molar-refractivity contribution in [3.05, 3.63) is 12.2 Å². The molecule has 4 nitrogen and oxygen atoms in total. The van der Waals surface area contributed by atoms with Crippen molar-refractivity contribution in [2.24, 2.45) is 5.73 Å². The molecule has 0 aliphatic heterocycles. The van der Waals surface area contributed by atoms with Gasteiger partial charge >= 0.3 is 0 Å². The number of hydrogen-bond acceptors (Lipinski definition) is 3. The van der Waals surface area contributed by atoms with E-state index in [1.165, 1.54) is 0 Å². The van der Waals surface area contributed by atoms with Crippen LogP contribution in [-0.4, -0.2) is 44.2 Å². The Morgan fingerprint density at radius 1 is 1.60 bits per heavy atom. The van der Waals surface area contributed by atoms with Crippen LogP contribution in [0.2, 0.25) is 0 Å². The number of carbonyl (C=O) groups is 1. The van der Waals surface area contributed by atoms with Gasteiger partial charge in [0, 0.05) is 27.3 Å². The molecule has 1 unspecified atom stereocenters. The second kappa shape index (κ2) is 7.43. The zero-order chi connectivity index (χ0) is 11.8. The van der Waals surface area contributed by atoms with E-state index >= 15 is 0 Å². The Kier molecular flexibility index (Phi) is 6.99. The molecule has 0 saturated heterocycles. The van der Waals surface area contributed by atoms with Crippen LogP contribution < -0.4 is 5.73 Å². The zero-order valence-corrected chi connectivity index (χ0v) is 9.95.